The first kappa shape index (κ1) is 19.2. The molecule has 0 atom stereocenters. The third-order valence-electron chi connectivity index (χ3n) is 4.33. The number of aromatic nitrogens is 2. The van der Waals surface area contributed by atoms with Crippen LogP contribution in [0.1, 0.15) is 27.6 Å². The minimum atomic E-state index is -0.501. The summed E-state index contributed by atoms with van der Waals surface area (Å²) in [6, 6.07) is 8.53. The van der Waals surface area contributed by atoms with Crippen LogP contribution in [-0.4, -0.2) is 28.0 Å². The monoisotopic (exact) mass is 478 g/mol. The molecule has 0 unspecified atom stereocenters. The van der Waals surface area contributed by atoms with E-state index in [9.17, 15) is 14.4 Å². The Morgan fingerprint density at radius 1 is 1.19 bits per heavy atom. The highest BCUT2D eigenvalue weighted by molar-refractivity contribution is 14.1. The number of amides is 2. The number of halogens is 1. The van der Waals surface area contributed by atoms with Crippen LogP contribution in [0.5, 0.6) is 0 Å². The fourth-order valence-electron chi connectivity index (χ4n) is 3.05. The number of nitrogens with one attached hydrogen (secondary N) is 2. The maximum atomic E-state index is 13.0. The summed E-state index contributed by atoms with van der Waals surface area (Å²) >= 11 is 2.19. The molecular formula is C19H19IN4O3. The summed E-state index contributed by atoms with van der Waals surface area (Å²) in [7, 11) is 3.17. The van der Waals surface area contributed by atoms with Crippen LogP contribution in [0.3, 0.4) is 0 Å². The molecule has 0 aliphatic carbocycles. The van der Waals surface area contributed by atoms with Crippen LogP contribution in [0.15, 0.2) is 41.3 Å². The quantitative estimate of drug-likeness (QED) is 0.566. The molecule has 0 spiro atoms. The van der Waals surface area contributed by atoms with Crippen LogP contribution < -0.4 is 16.2 Å². The molecule has 1 aromatic carbocycles. The second-order valence-corrected chi connectivity index (χ2v) is 7.15. The van der Waals surface area contributed by atoms with Crippen molar-refractivity contribution in [1.82, 2.24) is 14.5 Å². The molecule has 0 bridgehead atoms. The molecule has 7 nitrogen and oxygen atoms in total. The highest BCUT2D eigenvalue weighted by Crippen LogP contribution is 2.23. The SMILES string of the molecule is CCn1c(I)cc2cn(C)c(=O)c(C(=O)Nc3cccc(C(=O)NC)c3)c21. The van der Waals surface area contributed by atoms with Gasteiger partial charge < -0.3 is 19.8 Å². The van der Waals surface area contributed by atoms with Gasteiger partial charge in [-0.3, -0.25) is 14.4 Å². The van der Waals surface area contributed by atoms with E-state index in [-0.39, 0.29) is 17.0 Å². The molecule has 0 aliphatic rings. The Labute approximate surface area is 169 Å². The molecule has 140 valence electrons. The lowest BCUT2D eigenvalue weighted by atomic mass is 10.1. The van der Waals surface area contributed by atoms with Gasteiger partial charge in [0.15, 0.2) is 0 Å². The number of carbonyl (C=O) groups excluding carboxylic acids is 2. The van der Waals surface area contributed by atoms with Gasteiger partial charge in [0.2, 0.25) is 0 Å². The lowest BCUT2D eigenvalue weighted by Gasteiger charge is -2.11. The molecule has 2 heterocycles. The van der Waals surface area contributed by atoms with E-state index < -0.39 is 5.91 Å². The first-order valence-electron chi connectivity index (χ1n) is 8.39. The smallest absolute Gasteiger partial charge is 0.265 e. The fraction of sp³-hybridized carbons (Fsp3) is 0.211. The molecule has 0 saturated carbocycles. The van der Waals surface area contributed by atoms with Gasteiger partial charge in [0, 0.05) is 43.5 Å². The number of benzene rings is 1. The zero-order chi connectivity index (χ0) is 19.7. The van der Waals surface area contributed by atoms with E-state index in [4.69, 9.17) is 0 Å². The van der Waals surface area contributed by atoms with E-state index in [0.29, 0.717) is 23.3 Å². The standard InChI is InChI=1S/C19H19IN4O3/c1-4-24-14(20)9-12-10-23(3)19(27)15(16(12)24)18(26)22-13-7-5-6-11(8-13)17(25)21-2/h5-10H,4H2,1-3H3,(H,21,25)(H,22,26). The molecule has 0 saturated heterocycles. The second kappa shape index (κ2) is 7.55. The summed E-state index contributed by atoms with van der Waals surface area (Å²) < 4.78 is 4.30. The molecule has 0 aliphatic heterocycles. The van der Waals surface area contributed by atoms with Crippen LogP contribution in [0.2, 0.25) is 0 Å². The lowest BCUT2D eigenvalue weighted by Crippen LogP contribution is -2.28. The Bertz CT molecular complexity index is 1110. The lowest BCUT2D eigenvalue weighted by molar-refractivity contribution is 0.0961. The van der Waals surface area contributed by atoms with Crippen molar-refractivity contribution in [2.75, 3.05) is 12.4 Å². The van der Waals surface area contributed by atoms with Gasteiger partial charge in [0.05, 0.1) is 9.22 Å². The Morgan fingerprint density at radius 2 is 1.93 bits per heavy atom. The van der Waals surface area contributed by atoms with Crippen molar-refractivity contribution < 1.29 is 9.59 Å². The van der Waals surface area contributed by atoms with Crippen molar-refractivity contribution in [1.29, 1.82) is 0 Å². The van der Waals surface area contributed by atoms with Gasteiger partial charge in [0.1, 0.15) is 5.56 Å². The van der Waals surface area contributed by atoms with Crippen molar-refractivity contribution in [2.45, 2.75) is 13.5 Å². The highest BCUT2D eigenvalue weighted by atomic mass is 127. The molecule has 27 heavy (non-hydrogen) atoms. The average Bonchev–Trinajstić information content (AvgIpc) is 2.96. The third-order valence-corrected chi connectivity index (χ3v) is 5.23. The normalized spacial score (nSPS) is 10.8. The number of aryl methyl sites for hydroxylation is 2. The van der Waals surface area contributed by atoms with Gasteiger partial charge in [-0.2, -0.15) is 0 Å². The van der Waals surface area contributed by atoms with Crippen molar-refractivity contribution in [3.8, 4) is 0 Å². The van der Waals surface area contributed by atoms with Crippen LogP contribution in [0, 0.1) is 3.70 Å². The van der Waals surface area contributed by atoms with Crippen molar-refractivity contribution in [3.63, 3.8) is 0 Å². The molecule has 3 aromatic rings. The number of fused-ring (bicyclic) bond motifs is 1. The van der Waals surface area contributed by atoms with Crippen LogP contribution in [0.4, 0.5) is 5.69 Å². The third kappa shape index (κ3) is 3.48. The first-order valence-corrected chi connectivity index (χ1v) is 9.47. The summed E-state index contributed by atoms with van der Waals surface area (Å²) in [6.45, 7) is 2.61. The van der Waals surface area contributed by atoms with Crippen molar-refractivity contribution in [2.24, 2.45) is 7.05 Å². The Hall–Kier alpha value is -2.62. The van der Waals surface area contributed by atoms with Crippen molar-refractivity contribution >= 4 is 51.0 Å². The largest absolute Gasteiger partial charge is 0.355 e. The van der Waals surface area contributed by atoms with E-state index in [1.54, 1.807) is 44.6 Å². The topological polar surface area (TPSA) is 85.1 Å². The summed E-state index contributed by atoms with van der Waals surface area (Å²) in [6.07, 6.45) is 1.73. The zero-order valence-electron chi connectivity index (χ0n) is 15.2. The van der Waals surface area contributed by atoms with Gasteiger partial charge in [-0.25, -0.2) is 0 Å². The van der Waals surface area contributed by atoms with E-state index >= 15 is 0 Å². The predicted octanol–water partition coefficient (Wildman–Crippen LogP) is 2.58. The predicted molar refractivity (Wildman–Crippen MR) is 113 cm³/mol. The molecule has 2 aromatic heterocycles. The van der Waals surface area contributed by atoms with Crippen LogP contribution in [-0.2, 0) is 13.6 Å². The van der Waals surface area contributed by atoms with Crippen LogP contribution >= 0.6 is 22.6 Å². The highest BCUT2D eigenvalue weighted by Gasteiger charge is 2.21. The number of hydrogen-bond acceptors (Lipinski definition) is 3. The number of carbonyl (C=O) groups is 2. The van der Waals surface area contributed by atoms with Gasteiger partial charge in [0.25, 0.3) is 17.4 Å². The van der Waals surface area contributed by atoms with E-state index in [2.05, 4.69) is 33.2 Å². The van der Waals surface area contributed by atoms with Gasteiger partial charge in [-0.05, 0) is 53.8 Å². The van der Waals surface area contributed by atoms with E-state index in [1.165, 1.54) is 4.57 Å². The summed E-state index contributed by atoms with van der Waals surface area (Å²) in [5, 5.41) is 6.12. The number of nitrogens with zero attached hydrogens (tertiary/aromatic N) is 2. The molecule has 2 amide bonds. The Kier molecular flexibility index (Phi) is 5.36. The second-order valence-electron chi connectivity index (χ2n) is 6.05. The summed E-state index contributed by atoms with van der Waals surface area (Å²) in [4.78, 5) is 37.5. The minimum Gasteiger partial charge on any atom is -0.355 e. The zero-order valence-corrected chi connectivity index (χ0v) is 17.3. The van der Waals surface area contributed by atoms with Crippen molar-refractivity contribution in [3.05, 3.63) is 61.7 Å². The minimum absolute atomic E-state index is 0.0881. The number of rotatable bonds is 4. The summed E-state index contributed by atoms with van der Waals surface area (Å²) in [5.74, 6) is -0.752. The molecule has 2 N–H and O–H groups in total. The van der Waals surface area contributed by atoms with Crippen LogP contribution in [0.25, 0.3) is 10.9 Å². The van der Waals surface area contributed by atoms with Gasteiger partial charge in [-0.1, -0.05) is 6.07 Å². The van der Waals surface area contributed by atoms with Gasteiger partial charge in [-0.15, -0.1) is 0 Å². The fourth-order valence-corrected chi connectivity index (χ4v) is 3.97. The number of hydrogen-bond donors (Lipinski definition) is 2. The summed E-state index contributed by atoms with van der Waals surface area (Å²) in [5.41, 5.74) is 1.21. The van der Waals surface area contributed by atoms with Gasteiger partial charge >= 0.3 is 0 Å². The average molecular weight is 478 g/mol. The molecule has 3 rings (SSSR count). The maximum Gasteiger partial charge on any atom is 0.265 e. The number of pyridine rings is 1. The maximum absolute atomic E-state index is 13.0. The molecular weight excluding hydrogens is 459 g/mol. The molecule has 0 fully saturated rings. The molecule has 0 radical (unpaired) electrons. The van der Waals surface area contributed by atoms with E-state index in [0.717, 1.165) is 9.09 Å². The number of anilines is 1. The Balaban J connectivity index is 2.10. The molecule has 8 heteroatoms. The van der Waals surface area contributed by atoms with E-state index in [1.807, 2.05) is 17.6 Å². The first-order chi connectivity index (χ1) is 12.9. The Morgan fingerprint density at radius 3 is 2.59 bits per heavy atom.